The minimum atomic E-state index is -1.16. The van der Waals surface area contributed by atoms with Gasteiger partial charge in [-0.15, -0.1) is 0 Å². The van der Waals surface area contributed by atoms with Crippen LogP contribution in [-0.2, 0) is 0 Å². The SMILES string of the molecule is Cc1cc([N+](=O)[O-])c(Cl)cc1Oc1cc(Br)cc(F)c1F. The first kappa shape index (κ1) is 15.7. The number of benzene rings is 2. The van der Waals surface area contributed by atoms with Crippen LogP contribution >= 0.6 is 27.5 Å². The Balaban J connectivity index is 2.46. The van der Waals surface area contributed by atoms with E-state index in [0.717, 1.165) is 6.07 Å². The second kappa shape index (κ2) is 5.95. The van der Waals surface area contributed by atoms with Crippen molar-refractivity contribution < 1.29 is 18.4 Å². The second-order valence-corrected chi connectivity index (χ2v) is 5.45. The molecule has 0 aromatic heterocycles. The van der Waals surface area contributed by atoms with Crippen LogP contribution < -0.4 is 4.74 Å². The van der Waals surface area contributed by atoms with Crippen LogP contribution in [0.2, 0.25) is 5.02 Å². The second-order valence-electron chi connectivity index (χ2n) is 4.13. The van der Waals surface area contributed by atoms with Crippen LogP contribution in [-0.4, -0.2) is 4.92 Å². The summed E-state index contributed by atoms with van der Waals surface area (Å²) in [5, 5.41) is 10.6. The molecule has 0 aliphatic rings. The molecule has 0 aliphatic heterocycles. The molecule has 0 spiro atoms. The minimum absolute atomic E-state index is 0.0991. The fourth-order valence-corrected chi connectivity index (χ4v) is 2.25. The number of nitrogens with zero attached hydrogens (tertiary/aromatic N) is 1. The summed E-state index contributed by atoms with van der Waals surface area (Å²) >= 11 is 8.79. The Morgan fingerprint density at radius 3 is 2.52 bits per heavy atom. The van der Waals surface area contributed by atoms with Gasteiger partial charge in [0.1, 0.15) is 10.8 Å². The van der Waals surface area contributed by atoms with Crippen molar-refractivity contribution in [3.05, 3.63) is 61.1 Å². The molecule has 2 rings (SSSR count). The molecule has 8 heteroatoms. The van der Waals surface area contributed by atoms with E-state index in [4.69, 9.17) is 16.3 Å². The Morgan fingerprint density at radius 2 is 1.90 bits per heavy atom. The number of hydrogen-bond acceptors (Lipinski definition) is 3. The van der Waals surface area contributed by atoms with Gasteiger partial charge in [0.15, 0.2) is 11.6 Å². The van der Waals surface area contributed by atoms with Crippen LogP contribution in [0.1, 0.15) is 5.56 Å². The predicted octanol–water partition coefficient (Wildman–Crippen LogP) is 5.39. The lowest BCUT2D eigenvalue weighted by Crippen LogP contribution is -1.96. The van der Waals surface area contributed by atoms with E-state index in [1.165, 1.54) is 25.1 Å². The van der Waals surface area contributed by atoms with E-state index in [2.05, 4.69) is 15.9 Å². The monoisotopic (exact) mass is 377 g/mol. The summed E-state index contributed by atoms with van der Waals surface area (Å²) in [5.41, 5.74) is 0.0771. The zero-order valence-corrected chi connectivity index (χ0v) is 12.8. The highest BCUT2D eigenvalue weighted by Gasteiger charge is 2.18. The molecule has 110 valence electrons. The van der Waals surface area contributed by atoms with Gasteiger partial charge in [-0.25, -0.2) is 4.39 Å². The van der Waals surface area contributed by atoms with Gasteiger partial charge in [-0.2, -0.15) is 4.39 Å². The highest BCUT2D eigenvalue weighted by atomic mass is 79.9. The molecule has 0 saturated heterocycles. The van der Waals surface area contributed by atoms with Crippen molar-refractivity contribution in [2.45, 2.75) is 6.92 Å². The molecule has 0 saturated carbocycles. The molecule has 0 heterocycles. The molecular formula is C13H7BrClF2NO3. The van der Waals surface area contributed by atoms with Crippen molar-refractivity contribution in [2.24, 2.45) is 0 Å². The number of aryl methyl sites for hydroxylation is 1. The van der Waals surface area contributed by atoms with E-state index < -0.39 is 16.6 Å². The number of hydrogen-bond donors (Lipinski definition) is 0. The Kier molecular flexibility index (Phi) is 4.43. The quantitative estimate of drug-likeness (QED) is 0.409. The number of rotatable bonds is 3. The van der Waals surface area contributed by atoms with Gasteiger partial charge in [0.2, 0.25) is 5.82 Å². The van der Waals surface area contributed by atoms with Crippen LogP contribution in [0.25, 0.3) is 0 Å². The smallest absolute Gasteiger partial charge is 0.288 e. The van der Waals surface area contributed by atoms with Crippen LogP contribution in [0, 0.1) is 28.7 Å². The lowest BCUT2D eigenvalue weighted by Gasteiger charge is -2.11. The van der Waals surface area contributed by atoms with Gasteiger partial charge in [0, 0.05) is 16.6 Å². The van der Waals surface area contributed by atoms with E-state index in [0.29, 0.717) is 10.0 Å². The average Bonchev–Trinajstić information content (AvgIpc) is 2.38. The number of ether oxygens (including phenoxy) is 1. The summed E-state index contributed by atoms with van der Waals surface area (Å²) in [4.78, 5) is 10.1. The third-order valence-electron chi connectivity index (χ3n) is 2.62. The Bertz CT molecular complexity index is 740. The van der Waals surface area contributed by atoms with Gasteiger partial charge < -0.3 is 4.74 Å². The van der Waals surface area contributed by atoms with Gasteiger partial charge in [0.05, 0.1) is 4.92 Å². The molecular weight excluding hydrogens is 372 g/mol. The Labute approximate surface area is 131 Å². The summed E-state index contributed by atoms with van der Waals surface area (Å²) in [5.74, 6) is -2.49. The van der Waals surface area contributed by atoms with Crippen LogP contribution in [0.3, 0.4) is 0 Å². The van der Waals surface area contributed by atoms with Crippen LogP contribution in [0.15, 0.2) is 28.7 Å². The molecule has 4 nitrogen and oxygen atoms in total. The van der Waals surface area contributed by atoms with Crippen molar-refractivity contribution in [1.29, 1.82) is 0 Å². The molecule has 21 heavy (non-hydrogen) atoms. The fourth-order valence-electron chi connectivity index (χ4n) is 1.62. The standard InChI is InChI=1S/C13H7BrClF2NO3/c1-6-2-10(18(19)20)8(15)5-11(6)21-12-4-7(14)3-9(16)13(12)17/h2-5H,1H3. The molecule has 0 atom stereocenters. The van der Waals surface area contributed by atoms with Crippen molar-refractivity contribution in [1.82, 2.24) is 0 Å². The van der Waals surface area contributed by atoms with E-state index in [1.54, 1.807) is 0 Å². The van der Waals surface area contributed by atoms with Gasteiger partial charge in [-0.3, -0.25) is 10.1 Å². The summed E-state index contributed by atoms with van der Waals surface area (Å²) in [6.45, 7) is 1.53. The first-order valence-electron chi connectivity index (χ1n) is 5.56. The Morgan fingerprint density at radius 1 is 1.24 bits per heavy atom. The highest BCUT2D eigenvalue weighted by Crippen LogP contribution is 2.36. The summed E-state index contributed by atoms with van der Waals surface area (Å²) in [6, 6.07) is 4.59. The molecule has 0 bridgehead atoms. The van der Waals surface area contributed by atoms with Crippen molar-refractivity contribution >= 4 is 33.2 Å². The third-order valence-corrected chi connectivity index (χ3v) is 3.38. The molecule has 0 fully saturated rings. The topological polar surface area (TPSA) is 52.4 Å². The van der Waals surface area contributed by atoms with E-state index in [-0.39, 0.29) is 22.2 Å². The summed E-state index contributed by atoms with van der Waals surface area (Å²) < 4.78 is 32.5. The maximum atomic E-state index is 13.6. The van der Waals surface area contributed by atoms with Crippen LogP contribution in [0.4, 0.5) is 14.5 Å². The Hall–Kier alpha value is -1.73. The summed E-state index contributed by atoms with van der Waals surface area (Å²) in [6.07, 6.45) is 0. The zero-order chi connectivity index (χ0) is 15.7. The van der Waals surface area contributed by atoms with Gasteiger partial charge in [0.25, 0.3) is 5.69 Å². The van der Waals surface area contributed by atoms with E-state index >= 15 is 0 Å². The predicted molar refractivity (Wildman–Crippen MR) is 77.0 cm³/mol. The maximum absolute atomic E-state index is 13.6. The molecule has 0 amide bonds. The lowest BCUT2D eigenvalue weighted by atomic mass is 10.2. The van der Waals surface area contributed by atoms with Gasteiger partial charge >= 0.3 is 0 Å². The number of halogens is 4. The molecule has 0 radical (unpaired) electrons. The first-order chi connectivity index (χ1) is 9.79. The van der Waals surface area contributed by atoms with Crippen LogP contribution in [0.5, 0.6) is 11.5 Å². The molecule has 2 aromatic carbocycles. The maximum Gasteiger partial charge on any atom is 0.288 e. The fraction of sp³-hybridized carbons (Fsp3) is 0.0769. The van der Waals surface area contributed by atoms with Crippen molar-refractivity contribution in [2.75, 3.05) is 0 Å². The normalized spacial score (nSPS) is 10.5. The highest BCUT2D eigenvalue weighted by molar-refractivity contribution is 9.10. The van der Waals surface area contributed by atoms with Crippen molar-refractivity contribution in [3.8, 4) is 11.5 Å². The zero-order valence-electron chi connectivity index (χ0n) is 10.5. The van der Waals surface area contributed by atoms with Gasteiger partial charge in [-0.05, 0) is 24.6 Å². The average molecular weight is 379 g/mol. The molecule has 0 N–H and O–H groups in total. The largest absolute Gasteiger partial charge is 0.454 e. The number of nitro groups is 1. The molecule has 2 aromatic rings. The number of nitro benzene ring substituents is 1. The van der Waals surface area contributed by atoms with E-state index in [9.17, 15) is 18.9 Å². The summed E-state index contributed by atoms with van der Waals surface area (Å²) in [7, 11) is 0. The molecule has 0 unspecified atom stereocenters. The lowest BCUT2D eigenvalue weighted by molar-refractivity contribution is -0.384. The first-order valence-corrected chi connectivity index (χ1v) is 6.73. The third kappa shape index (κ3) is 3.30. The van der Waals surface area contributed by atoms with E-state index in [1.807, 2.05) is 0 Å². The van der Waals surface area contributed by atoms with Crippen molar-refractivity contribution in [3.63, 3.8) is 0 Å². The molecule has 0 aliphatic carbocycles. The minimum Gasteiger partial charge on any atom is -0.454 e. The van der Waals surface area contributed by atoms with Gasteiger partial charge in [-0.1, -0.05) is 27.5 Å².